The molecule has 0 unspecified atom stereocenters. The second-order valence-corrected chi connectivity index (χ2v) is 6.15. The molecule has 10 N–H and O–H groups in total. The van der Waals surface area contributed by atoms with Gasteiger partial charge in [0.15, 0.2) is 0 Å². The number of hydrogen-bond acceptors (Lipinski definition) is 10. The Morgan fingerprint density at radius 3 is 0.545 bits per heavy atom. The molecule has 0 atom stereocenters. The predicted molar refractivity (Wildman–Crippen MR) is 26.3 cm³/mol. The Morgan fingerprint density at radius 1 is 0.545 bits per heavy atom. The van der Waals surface area contributed by atoms with Gasteiger partial charge in [0.2, 0.25) is 0 Å². The van der Waals surface area contributed by atoms with Crippen LogP contribution in [0.5, 0.6) is 0 Å². The average Bonchev–Trinajstić information content (AvgIpc) is 1.62. The number of quaternary nitrogens is 2. The molecule has 14 nitrogen and oxygen atoms in total. The molecule has 0 aromatic carbocycles. The standard InChI is InChI=1S/4FH.4Mn.2H3N.2H2O.10O/h4*1H;;;;;2*1H3;2*1H2;;;;;;;;;;/q;;;;2*+1;2*+2;;;;;;;;;;;;;2*-1/p-4. The molecule has 0 saturated carbocycles. The zero-order valence-electron chi connectivity index (χ0n) is 10.0. The van der Waals surface area contributed by atoms with Crippen LogP contribution in [-0.4, -0.2) is 8.38 Å². The topological polar surface area (TPSA) is 296 Å². The molecule has 0 saturated heterocycles. The zero-order chi connectivity index (χ0) is 18.0. The molecule has 22 heavy (non-hydrogen) atoms. The fourth-order valence-corrected chi connectivity index (χ4v) is 0. The van der Waals surface area contributed by atoms with E-state index in [-0.39, 0.29) is 12.3 Å². The molecule has 0 amide bonds. The molecule has 22 heteroatoms. The van der Waals surface area contributed by atoms with Crippen molar-refractivity contribution in [3.63, 3.8) is 0 Å². The zero-order valence-corrected chi connectivity index (χ0v) is 14.7. The first-order valence-electron chi connectivity index (χ1n) is 2.45. The molecule has 148 valence electrons. The SMILES string of the molecule is [NH4+].[NH4+].[O]=[Mn](=[O])([O-])[F].[O]=[Mn](=[O])([O-])[F].[O]=[Mn](=[O])([OH])[F].[O]=[Mn](=[O])([OH])[F]. The summed E-state index contributed by atoms with van der Waals surface area (Å²) in [7, 11) is 0. The third-order valence-corrected chi connectivity index (χ3v) is 0. The van der Waals surface area contributed by atoms with Crippen molar-refractivity contribution in [3.05, 3.63) is 0 Å². The van der Waals surface area contributed by atoms with Gasteiger partial charge in [-0.1, -0.05) is 0 Å². The summed E-state index contributed by atoms with van der Waals surface area (Å²) in [4.78, 5) is 0. The summed E-state index contributed by atoms with van der Waals surface area (Å²) in [5.41, 5.74) is 0. The molecule has 0 spiro atoms. The van der Waals surface area contributed by atoms with E-state index in [1.165, 1.54) is 0 Å². The minimum absolute atomic E-state index is 0. The van der Waals surface area contributed by atoms with Crippen LogP contribution in [-0.2, 0) is 84.6 Å². The molecule has 0 aliphatic rings. The molecule has 0 aliphatic heterocycles. The molecule has 0 aliphatic carbocycles. The van der Waals surface area contributed by atoms with Crippen molar-refractivity contribution in [1.29, 1.82) is 0 Å². The van der Waals surface area contributed by atoms with Crippen LogP contribution in [0.4, 0.5) is 14.2 Å². The Kier molecular flexibility index (Phi) is 25.0. The quantitative estimate of drug-likeness (QED) is 0.197. The van der Waals surface area contributed by atoms with Gasteiger partial charge in [-0.05, 0) is 0 Å². The van der Waals surface area contributed by atoms with Crippen LogP contribution in [0.1, 0.15) is 0 Å². The van der Waals surface area contributed by atoms with Crippen LogP contribution in [0.3, 0.4) is 0 Å². The van der Waals surface area contributed by atoms with E-state index in [0.717, 1.165) is 0 Å². The minimum atomic E-state index is -5.88. The van der Waals surface area contributed by atoms with Crippen molar-refractivity contribution in [2.24, 2.45) is 0 Å². The first kappa shape index (κ1) is 37.9. The second kappa shape index (κ2) is 14.5. The van der Waals surface area contributed by atoms with Crippen LogP contribution in [0.2, 0.25) is 0 Å². The number of rotatable bonds is 0. The van der Waals surface area contributed by atoms with Crippen LogP contribution in [0.15, 0.2) is 0 Å². The van der Waals surface area contributed by atoms with E-state index < -0.39 is 54.0 Å². The van der Waals surface area contributed by atoms with Gasteiger partial charge in [-0.3, -0.25) is 0 Å². The Labute approximate surface area is 128 Å². The van der Waals surface area contributed by atoms with Gasteiger partial charge in [0.25, 0.3) is 0 Å². The van der Waals surface area contributed by atoms with Crippen LogP contribution in [0.25, 0.3) is 0 Å². The Balaban J connectivity index is -0.0000000376. The molecule has 0 aromatic heterocycles. The van der Waals surface area contributed by atoms with Crippen LogP contribution >= 0.6 is 0 Å². The maximum absolute atomic E-state index is 10.3. The molecular formula is H10F4Mn4N2O12. The van der Waals surface area contributed by atoms with Gasteiger partial charge in [0.1, 0.15) is 0 Å². The predicted octanol–water partition coefficient (Wildman–Crippen LogP) is -2.02. The normalized spacial score (nSPS) is 10.5. The van der Waals surface area contributed by atoms with Crippen molar-refractivity contribution < 1.29 is 116 Å². The van der Waals surface area contributed by atoms with Gasteiger partial charge in [-0.2, -0.15) is 0 Å². The molecule has 0 radical (unpaired) electrons. The first-order chi connectivity index (χ1) is 8.00. The van der Waals surface area contributed by atoms with Crippen molar-refractivity contribution >= 4 is 0 Å². The summed E-state index contributed by atoms with van der Waals surface area (Å²) in [6.07, 6.45) is 0. The van der Waals surface area contributed by atoms with E-state index in [0.29, 0.717) is 0 Å². The van der Waals surface area contributed by atoms with Gasteiger partial charge >= 0.3 is 116 Å². The van der Waals surface area contributed by atoms with Gasteiger partial charge in [-0.25, -0.2) is 0 Å². The van der Waals surface area contributed by atoms with Crippen LogP contribution < -0.4 is 20.7 Å². The molecule has 0 aromatic rings. The first-order valence-corrected chi connectivity index (χ1v) is 10.1. The third-order valence-electron chi connectivity index (χ3n) is 0. The summed E-state index contributed by atoms with van der Waals surface area (Å²) in [5, 5.41) is 0. The van der Waals surface area contributed by atoms with Crippen molar-refractivity contribution in [2.75, 3.05) is 0 Å². The third kappa shape index (κ3) is 4050000. The fraction of sp³-hybridized carbons (Fsp3) is 0. The Morgan fingerprint density at radius 2 is 0.545 bits per heavy atom. The Bertz CT molecular complexity index is 490. The van der Waals surface area contributed by atoms with Crippen molar-refractivity contribution in [3.8, 4) is 0 Å². The summed E-state index contributed by atoms with van der Waals surface area (Å²) in [6.45, 7) is 0. The molecule has 0 heterocycles. The monoisotopic (exact) mass is 526 g/mol. The van der Waals surface area contributed by atoms with Gasteiger partial charge in [-0.15, -0.1) is 0 Å². The van der Waals surface area contributed by atoms with E-state index >= 15 is 0 Å². The molecule has 0 fully saturated rings. The fourth-order valence-electron chi connectivity index (χ4n) is 0. The van der Waals surface area contributed by atoms with E-state index in [1.807, 2.05) is 0 Å². The van der Waals surface area contributed by atoms with Crippen molar-refractivity contribution in [1.82, 2.24) is 12.3 Å². The van der Waals surface area contributed by atoms with Gasteiger partial charge in [0.05, 0.1) is 0 Å². The molecule has 0 rings (SSSR count). The van der Waals surface area contributed by atoms with Gasteiger partial charge < -0.3 is 12.3 Å². The van der Waals surface area contributed by atoms with E-state index in [2.05, 4.69) is 0 Å². The summed E-state index contributed by atoms with van der Waals surface area (Å²) in [6, 6.07) is 0. The van der Waals surface area contributed by atoms with Crippen LogP contribution in [0, 0.1) is 0 Å². The number of hydrogen-bond donors (Lipinski definition) is 4. The Hall–Kier alpha value is -0.0421. The summed E-state index contributed by atoms with van der Waals surface area (Å²) >= 11 is -23.0. The second-order valence-electron chi connectivity index (χ2n) is 1.49. The molecular weight excluding hydrogens is 516 g/mol. The van der Waals surface area contributed by atoms with E-state index in [1.54, 1.807) is 0 Å². The summed E-state index contributed by atoms with van der Waals surface area (Å²) < 4.78 is 140. The summed E-state index contributed by atoms with van der Waals surface area (Å²) in [5.74, 6) is 0. The van der Waals surface area contributed by atoms with E-state index in [4.69, 9.17) is 47.4 Å². The van der Waals surface area contributed by atoms with E-state index in [9.17, 15) is 14.2 Å². The molecule has 0 bridgehead atoms. The maximum atomic E-state index is 10.3. The average molecular weight is 526 g/mol. The van der Waals surface area contributed by atoms with Gasteiger partial charge in [0, 0.05) is 0 Å². The number of halogens is 4. The van der Waals surface area contributed by atoms with Crippen molar-refractivity contribution in [2.45, 2.75) is 0 Å².